The second kappa shape index (κ2) is 9.87. The molecule has 0 bridgehead atoms. The van der Waals surface area contributed by atoms with E-state index in [0.29, 0.717) is 0 Å². The Bertz CT molecular complexity index is 753. The van der Waals surface area contributed by atoms with Crippen LogP contribution in [0.2, 0.25) is 15.1 Å². The third kappa shape index (κ3) is 9.56. The molecule has 1 aromatic rings. The highest BCUT2D eigenvalue weighted by Gasteiger charge is 2.31. The van der Waals surface area contributed by atoms with Gasteiger partial charge < -0.3 is 19.5 Å². The van der Waals surface area contributed by atoms with E-state index in [1.165, 1.54) is 12.1 Å². The van der Waals surface area contributed by atoms with Crippen LogP contribution >= 0.6 is 34.8 Å². The highest BCUT2D eigenvalue weighted by molar-refractivity contribution is 6.43. The zero-order chi connectivity index (χ0) is 22.6. The lowest BCUT2D eigenvalue weighted by atomic mass is 10.1. The zero-order valence-corrected chi connectivity index (χ0v) is 19.3. The number of rotatable bonds is 5. The Hall–Kier alpha value is -1.70. The fourth-order valence-corrected chi connectivity index (χ4v) is 2.53. The Morgan fingerprint density at radius 3 is 1.93 bits per heavy atom. The van der Waals surface area contributed by atoms with Gasteiger partial charge in [0.1, 0.15) is 17.2 Å². The van der Waals surface area contributed by atoms with Crippen LogP contribution in [-0.4, -0.2) is 35.3 Å². The number of carbonyl (C=O) groups excluding carboxylic acids is 3. The predicted molar refractivity (Wildman–Crippen MR) is 111 cm³/mol. The summed E-state index contributed by atoms with van der Waals surface area (Å²) in [5.41, 5.74) is -1.58. The van der Waals surface area contributed by atoms with Crippen LogP contribution in [0.25, 0.3) is 0 Å². The molecule has 10 heteroatoms. The smallest absolute Gasteiger partial charge is 0.408 e. The molecule has 0 aliphatic rings. The minimum Gasteiger partial charge on any atom is -0.460 e. The fourth-order valence-electron chi connectivity index (χ4n) is 1.95. The molecular weight excluding hydrogens is 445 g/mol. The Morgan fingerprint density at radius 2 is 1.41 bits per heavy atom. The highest BCUT2D eigenvalue weighted by Crippen LogP contribution is 2.34. The Morgan fingerprint density at radius 1 is 0.897 bits per heavy atom. The summed E-state index contributed by atoms with van der Waals surface area (Å²) in [4.78, 5) is 36.9. The number of ether oxygens (including phenoxy) is 3. The summed E-state index contributed by atoms with van der Waals surface area (Å²) in [6.45, 7) is 9.99. The van der Waals surface area contributed by atoms with E-state index in [-0.39, 0.29) is 20.8 Å². The molecular formula is C19H24Cl3NO6. The Labute approximate surface area is 184 Å². The average molecular weight is 469 g/mol. The molecule has 0 unspecified atom stereocenters. The number of halogens is 3. The van der Waals surface area contributed by atoms with Crippen molar-refractivity contribution >= 4 is 52.8 Å². The molecule has 0 aliphatic heterocycles. The quantitative estimate of drug-likeness (QED) is 0.364. The van der Waals surface area contributed by atoms with Gasteiger partial charge in [-0.15, -0.1) is 0 Å². The van der Waals surface area contributed by atoms with Crippen molar-refractivity contribution in [1.82, 2.24) is 5.32 Å². The van der Waals surface area contributed by atoms with Crippen molar-refractivity contribution in [1.29, 1.82) is 0 Å². The van der Waals surface area contributed by atoms with E-state index in [0.717, 1.165) is 0 Å². The predicted octanol–water partition coefficient (Wildman–Crippen LogP) is 5.18. The molecule has 0 aliphatic carbocycles. The topological polar surface area (TPSA) is 90.9 Å². The van der Waals surface area contributed by atoms with Gasteiger partial charge in [0, 0.05) is 6.07 Å². The summed E-state index contributed by atoms with van der Waals surface area (Å²) in [5, 5.41) is 2.63. The molecule has 0 radical (unpaired) electrons. The third-order valence-electron chi connectivity index (χ3n) is 2.95. The summed E-state index contributed by atoms with van der Waals surface area (Å²) in [6.07, 6.45) is -1.38. The van der Waals surface area contributed by atoms with E-state index in [9.17, 15) is 14.4 Å². The average Bonchev–Trinajstić information content (AvgIpc) is 2.48. The van der Waals surface area contributed by atoms with Crippen molar-refractivity contribution in [2.24, 2.45) is 0 Å². The molecule has 0 saturated carbocycles. The summed E-state index contributed by atoms with van der Waals surface area (Å²) in [7, 11) is 0. The van der Waals surface area contributed by atoms with E-state index in [1.807, 2.05) is 0 Å². The number of nitrogens with one attached hydrogen (secondary N) is 1. The van der Waals surface area contributed by atoms with Gasteiger partial charge in [0.05, 0.1) is 21.5 Å². The van der Waals surface area contributed by atoms with Gasteiger partial charge in [0.25, 0.3) is 0 Å². The van der Waals surface area contributed by atoms with Gasteiger partial charge in [0.15, 0.2) is 5.75 Å². The molecule has 1 aromatic carbocycles. The lowest BCUT2D eigenvalue weighted by Crippen LogP contribution is -2.47. The third-order valence-corrected chi connectivity index (χ3v) is 3.97. The highest BCUT2D eigenvalue weighted by atomic mass is 35.5. The first-order chi connectivity index (χ1) is 13.1. The first-order valence-corrected chi connectivity index (χ1v) is 9.78. The summed E-state index contributed by atoms with van der Waals surface area (Å²) in [6, 6.07) is 1.17. The van der Waals surface area contributed by atoms with Crippen LogP contribution in [-0.2, 0) is 19.1 Å². The molecule has 0 heterocycles. The maximum Gasteiger partial charge on any atom is 0.408 e. The van der Waals surface area contributed by atoms with Crippen LogP contribution in [0.5, 0.6) is 5.75 Å². The Kier molecular flexibility index (Phi) is 8.62. The summed E-state index contributed by atoms with van der Waals surface area (Å²) >= 11 is 17.8. The lowest BCUT2D eigenvalue weighted by Gasteiger charge is -2.24. The van der Waals surface area contributed by atoms with Gasteiger partial charge in [-0.2, -0.15) is 0 Å². The van der Waals surface area contributed by atoms with Crippen molar-refractivity contribution in [3.05, 3.63) is 27.2 Å². The van der Waals surface area contributed by atoms with Crippen molar-refractivity contribution in [3.8, 4) is 5.75 Å². The molecule has 162 valence electrons. The number of amides is 1. The molecule has 0 saturated heterocycles. The Balaban J connectivity index is 3.02. The van der Waals surface area contributed by atoms with E-state index in [2.05, 4.69) is 5.32 Å². The molecule has 1 rings (SSSR count). The van der Waals surface area contributed by atoms with E-state index < -0.39 is 41.7 Å². The van der Waals surface area contributed by atoms with Gasteiger partial charge in [-0.3, -0.25) is 4.79 Å². The molecule has 1 N–H and O–H groups in total. The van der Waals surface area contributed by atoms with E-state index >= 15 is 0 Å². The van der Waals surface area contributed by atoms with Crippen molar-refractivity contribution in [3.63, 3.8) is 0 Å². The minimum absolute atomic E-state index is 0.0287. The molecule has 0 aromatic heterocycles. The summed E-state index contributed by atoms with van der Waals surface area (Å²) in [5.74, 6) is -1.75. The fraction of sp³-hybridized carbons (Fsp3) is 0.526. The first-order valence-electron chi connectivity index (χ1n) is 8.65. The van der Waals surface area contributed by atoms with Gasteiger partial charge >= 0.3 is 18.0 Å². The van der Waals surface area contributed by atoms with Crippen LogP contribution in [0, 0.1) is 0 Å². The SMILES string of the molecule is CC(C)(C)OC(=O)C[C@H](NC(=O)OC(C)(C)C)C(=O)Oc1cc(Cl)c(Cl)cc1Cl. The number of esters is 2. The number of benzene rings is 1. The minimum atomic E-state index is -1.38. The van der Waals surface area contributed by atoms with Crippen LogP contribution < -0.4 is 10.1 Å². The van der Waals surface area contributed by atoms with Crippen molar-refractivity contribution < 1.29 is 28.6 Å². The van der Waals surface area contributed by atoms with Gasteiger partial charge in [-0.25, -0.2) is 9.59 Å². The van der Waals surface area contributed by atoms with Gasteiger partial charge in [-0.05, 0) is 47.6 Å². The maximum atomic E-state index is 12.6. The van der Waals surface area contributed by atoms with Crippen LogP contribution in [0.4, 0.5) is 4.79 Å². The molecule has 1 amide bonds. The van der Waals surface area contributed by atoms with Crippen LogP contribution in [0.15, 0.2) is 12.1 Å². The van der Waals surface area contributed by atoms with Crippen molar-refractivity contribution in [2.45, 2.75) is 65.2 Å². The second-order valence-corrected chi connectivity index (χ2v) is 9.33. The maximum absolute atomic E-state index is 12.6. The van der Waals surface area contributed by atoms with Crippen molar-refractivity contribution in [2.75, 3.05) is 0 Å². The summed E-state index contributed by atoms with van der Waals surface area (Å²) < 4.78 is 15.6. The monoisotopic (exact) mass is 467 g/mol. The largest absolute Gasteiger partial charge is 0.460 e. The number of alkyl carbamates (subject to hydrolysis) is 1. The number of hydrogen-bond acceptors (Lipinski definition) is 6. The normalized spacial score (nSPS) is 12.7. The van der Waals surface area contributed by atoms with Crippen LogP contribution in [0.3, 0.4) is 0 Å². The molecule has 1 atom stereocenters. The van der Waals surface area contributed by atoms with Gasteiger partial charge in [-0.1, -0.05) is 34.8 Å². The van der Waals surface area contributed by atoms with E-state index in [1.54, 1.807) is 41.5 Å². The molecule has 0 fully saturated rings. The first kappa shape index (κ1) is 25.3. The van der Waals surface area contributed by atoms with Gasteiger partial charge in [0.2, 0.25) is 0 Å². The molecule has 7 nitrogen and oxygen atoms in total. The molecule has 29 heavy (non-hydrogen) atoms. The lowest BCUT2D eigenvalue weighted by molar-refractivity contribution is -0.157. The molecule has 0 spiro atoms. The number of hydrogen-bond donors (Lipinski definition) is 1. The standard InChI is InChI=1S/C19H24Cl3NO6/c1-18(2,3)28-15(24)9-13(23-17(26)29-19(4,5)6)16(25)27-14-8-11(21)10(20)7-12(14)22/h7-8,13H,9H2,1-6H3,(H,23,26)/t13-/m0/s1. The zero-order valence-electron chi connectivity index (χ0n) is 17.0. The number of carbonyl (C=O) groups is 3. The second-order valence-electron chi connectivity index (χ2n) is 8.11. The van der Waals surface area contributed by atoms with Crippen LogP contribution in [0.1, 0.15) is 48.0 Å². The van der Waals surface area contributed by atoms with E-state index in [4.69, 9.17) is 49.0 Å².